The van der Waals surface area contributed by atoms with Gasteiger partial charge in [-0.15, -0.1) is 0 Å². The molecule has 1 aromatic heterocycles. The zero-order valence-corrected chi connectivity index (χ0v) is 14.5. The lowest BCUT2D eigenvalue weighted by atomic mass is 9.53. The van der Waals surface area contributed by atoms with E-state index < -0.39 is 0 Å². The third-order valence-corrected chi connectivity index (χ3v) is 5.88. The second-order valence-corrected chi connectivity index (χ2v) is 7.13. The summed E-state index contributed by atoms with van der Waals surface area (Å²) in [4.78, 5) is 16.8. The van der Waals surface area contributed by atoms with Crippen molar-refractivity contribution in [3.05, 3.63) is 59.9 Å². The summed E-state index contributed by atoms with van der Waals surface area (Å²) in [5, 5.41) is 3.28. The van der Waals surface area contributed by atoms with E-state index in [1.807, 2.05) is 24.3 Å². The zero-order valence-electron chi connectivity index (χ0n) is 14.5. The zero-order chi connectivity index (χ0) is 17.2. The molecular formula is C21H24N2O2. The first-order chi connectivity index (χ1) is 12.3. The molecule has 0 radical (unpaired) electrons. The van der Waals surface area contributed by atoms with Crippen molar-refractivity contribution >= 4 is 5.91 Å². The van der Waals surface area contributed by atoms with Crippen LogP contribution < -0.4 is 10.1 Å². The molecule has 0 aliphatic heterocycles. The Morgan fingerprint density at radius 3 is 2.52 bits per heavy atom. The Morgan fingerprint density at radius 2 is 1.84 bits per heavy atom. The lowest BCUT2D eigenvalue weighted by Crippen LogP contribution is -2.59. The van der Waals surface area contributed by atoms with Gasteiger partial charge in [0.2, 0.25) is 0 Å². The minimum Gasteiger partial charge on any atom is -0.497 e. The summed E-state index contributed by atoms with van der Waals surface area (Å²) in [6.07, 6.45) is 6.71. The van der Waals surface area contributed by atoms with Gasteiger partial charge in [-0.25, -0.2) is 0 Å². The van der Waals surface area contributed by atoms with Crippen molar-refractivity contribution in [2.24, 2.45) is 11.8 Å². The predicted octanol–water partition coefficient (Wildman–Crippen LogP) is 3.79. The molecule has 4 heteroatoms. The number of nitrogens with one attached hydrogen (secondary N) is 1. The summed E-state index contributed by atoms with van der Waals surface area (Å²) >= 11 is 0. The second-order valence-electron chi connectivity index (χ2n) is 7.13. The number of fused-ring (bicyclic) bond motifs is 1. The highest BCUT2D eigenvalue weighted by atomic mass is 16.5. The van der Waals surface area contributed by atoms with Gasteiger partial charge in [0.25, 0.3) is 5.91 Å². The minimum atomic E-state index is -0.0619. The topological polar surface area (TPSA) is 51.2 Å². The van der Waals surface area contributed by atoms with Gasteiger partial charge in [0, 0.05) is 18.2 Å². The molecule has 2 saturated carbocycles. The van der Waals surface area contributed by atoms with Crippen LogP contribution in [0.5, 0.6) is 5.75 Å². The Balaban J connectivity index is 1.56. The molecule has 2 aromatic rings. The molecule has 4 rings (SSSR count). The number of rotatable bonds is 4. The van der Waals surface area contributed by atoms with Gasteiger partial charge >= 0.3 is 0 Å². The van der Waals surface area contributed by atoms with E-state index in [1.165, 1.54) is 31.2 Å². The summed E-state index contributed by atoms with van der Waals surface area (Å²) in [5.41, 5.74) is 1.80. The monoisotopic (exact) mass is 336 g/mol. The number of pyridine rings is 1. The number of carbonyl (C=O) groups is 1. The van der Waals surface area contributed by atoms with Gasteiger partial charge in [0.1, 0.15) is 11.4 Å². The summed E-state index contributed by atoms with van der Waals surface area (Å²) in [6.45, 7) is 0. The number of amides is 1. The van der Waals surface area contributed by atoms with Crippen LogP contribution in [0, 0.1) is 11.8 Å². The Labute approximate surface area is 148 Å². The number of benzene rings is 1. The Morgan fingerprint density at radius 1 is 1.08 bits per heavy atom. The number of carbonyl (C=O) groups excluding carboxylic acids is 1. The minimum absolute atomic E-state index is 0.0619. The van der Waals surface area contributed by atoms with Crippen molar-refractivity contribution in [3.8, 4) is 5.75 Å². The van der Waals surface area contributed by atoms with Crippen LogP contribution in [0.15, 0.2) is 48.7 Å². The second kappa shape index (κ2) is 6.87. The lowest BCUT2D eigenvalue weighted by Gasteiger charge is -2.55. The van der Waals surface area contributed by atoms with Crippen molar-refractivity contribution in [3.63, 3.8) is 0 Å². The van der Waals surface area contributed by atoms with Gasteiger partial charge in [-0.1, -0.05) is 31.0 Å². The van der Waals surface area contributed by atoms with E-state index >= 15 is 0 Å². The molecule has 25 heavy (non-hydrogen) atoms. The maximum Gasteiger partial charge on any atom is 0.270 e. The van der Waals surface area contributed by atoms with Crippen LogP contribution in [0.25, 0.3) is 0 Å². The number of hydrogen-bond acceptors (Lipinski definition) is 3. The fraction of sp³-hybridized carbons (Fsp3) is 0.429. The molecule has 0 saturated heterocycles. The van der Waals surface area contributed by atoms with Crippen LogP contribution in [0.3, 0.4) is 0 Å². The van der Waals surface area contributed by atoms with Crippen LogP contribution in [0.1, 0.15) is 47.7 Å². The molecule has 0 spiro atoms. The van der Waals surface area contributed by atoms with Crippen molar-refractivity contribution < 1.29 is 9.53 Å². The Bertz CT molecular complexity index is 729. The lowest BCUT2D eigenvalue weighted by molar-refractivity contribution is 0.0250. The molecule has 1 N–H and O–H groups in total. The first-order valence-corrected chi connectivity index (χ1v) is 9.14. The highest BCUT2D eigenvalue weighted by molar-refractivity contribution is 5.92. The smallest absolute Gasteiger partial charge is 0.270 e. The summed E-state index contributed by atoms with van der Waals surface area (Å²) < 4.78 is 5.28. The molecule has 2 fully saturated rings. The summed E-state index contributed by atoms with van der Waals surface area (Å²) in [6, 6.07) is 14.0. The molecule has 4 nitrogen and oxygen atoms in total. The van der Waals surface area contributed by atoms with Crippen LogP contribution in [0.2, 0.25) is 0 Å². The molecule has 0 bridgehead atoms. The average molecular weight is 336 g/mol. The number of aromatic nitrogens is 1. The fourth-order valence-corrected chi connectivity index (χ4v) is 4.67. The van der Waals surface area contributed by atoms with Gasteiger partial charge in [-0.3, -0.25) is 9.78 Å². The number of ether oxygens (including phenoxy) is 1. The molecule has 130 valence electrons. The van der Waals surface area contributed by atoms with Gasteiger partial charge in [0.15, 0.2) is 0 Å². The van der Waals surface area contributed by atoms with Crippen molar-refractivity contribution in [1.82, 2.24) is 10.3 Å². The van der Waals surface area contributed by atoms with E-state index in [0.29, 0.717) is 23.4 Å². The molecule has 2 aliphatic carbocycles. The largest absolute Gasteiger partial charge is 0.497 e. The van der Waals surface area contributed by atoms with Crippen molar-refractivity contribution in [2.45, 2.75) is 37.6 Å². The van der Waals surface area contributed by atoms with E-state index in [9.17, 15) is 4.79 Å². The molecule has 1 aromatic carbocycles. The fourth-order valence-electron chi connectivity index (χ4n) is 4.67. The number of nitrogens with zero attached hydrogens (tertiary/aromatic N) is 1. The molecule has 2 aliphatic rings. The standard InChI is InChI=1S/C21H24N2O2/c1-25-15-11-9-14(10-12-15)19-16-6-2-3-7-17(16)20(19)23-21(24)18-8-4-5-13-22-18/h4-5,8-13,16-17,19-20H,2-3,6-7H2,1H3,(H,23,24)/t16?,17?,19-,20-/m0/s1. The maximum atomic E-state index is 12.6. The number of hydrogen-bond donors (Lipinski definition) is 1. The van der Waals surface area contributed by atoms with E-state index in [0.717, 1.165) is 5.75 Å². The average Bonchev–Trinajstić information content (AvgIpc) is 2.67. The van der Waals surface area contributed by atoms with Gasteiger partial charge in [0.05, 0.1) is 7.11 Å². The maximum absolute atomic E-state index is 12.6. The molecule has 1 amide bonds. The van der Waals surface area contributed by atoms with Gasteiger partial charge < -0.3 is 10.1 Å². The van der Waals surface area contributed by atoms with Crippen LogP contribution in [0.4, 0.5) is 0 Å². The first-order valence-electron chi connectivity index (χ1n) is 9.14. The normalized spacial score (nSPS) is 27.7. The highest BCUT2D eigenvalue weighted by Gasteiger charge is 2.51. The van der Waals surface area contributed by atoms with Crippen LogP contribution in [-0.2, 0) is 0 Å². The quantitative estimate of drug-likeness (QED) is 0.924. The van der Waals surface area contributed by atoms with E-state index in [4.69, 9.17) is 4.74 Å². The van der Waals surface area contributed by atoms with Crippen LogP contribution >= 0.6 is 0 Å². The Kier molecular flexibility index (Phi) is 4.43. The molecular weight excluding hydrogens is 312 g/mol. The highest BCUT2D eigenvalue weighted by Crippen LogP contribution is 2.54. The van der Waals surface area contributed by atoms with Gasteiger partial charge in [-0.2, -0.15) is 0 Å². The molecule has 2 unspecified atom stereocenters. The summed E-state index contributed by atoms with van der Waals surface area (Å²) in [5.74, 6) is 2.47. The third kappa shape index (κ3) is 3.01. The van der Waals surface area contributed by atoms with Crippen molar-refractivity contribution in [2.75, 3.05) is 7.11 Å². The van der Waals surface area contributed by atoms with Crippen molar-refractivity contribution in [1.29, 1.82) is 0 Å². The third-order valence-electron chi connectivity index (χ3n) is 5.88. The van der Waals surface area contributed by atoms with E-state index in [-0.39, 0.29) is 11.9 Å². The van der Waals surface area contributed by atoms with E-state index in [1.54, 1.807) is 19.4 Å². The Hall–Kier alpha value is -2.36. The summed E-state index contributed by atoms with van der Waals surface area (Å²) in [7, 11) is 1.69. The van der Waals surface area contributed by atoms with Crippen LogP contribution in [-0.4, -0.2) is 24.0 Å². The van der Waals surface area contributed by atoms with Gasteiger partial charge in [-0.05, 0) is 54.5 Å². The first kappa shape index (κ1) is 16.1. The molecule has 1 heterocycles. The SMILES string of the molecule is COc1ccc([C@H]2C3CCCCC3[C@@H]2NC(=O)c2ccccn2)cc1. The molecule has 4 atom stereocenters. The number of methoxy groups -OCH3 is 1. The van der Waals surface area contributed by atoms with E-state index in [2.05, 4.69) is 22.4 Å². The predicted molar refractivity (Wildman–Crippen MR) is 96.7 cm³/mol.